The highest BCUT2D eigenvalue weighted by molar-refractivity contribution is 5.50. The van der Waals surface area contributed by atoms with E-state index in [0.29, 0.717) is 6.42 Å². The molecule has 1 heteroatoms. The van der Waals surface area contributed by atoms with Gasteiger partial charge in [0.05, 0.1) is 0 Å². The average Bonchev–Trinajstić information content (AvgIpc) is 2.16. The zero-order chi connectivity index (χ0) is 10.4. The molecule has 0 atom stereocenters. The fourth-order valence-electron chi connectivity index (χ4n) is 1.40. The predicted octanol–water partition coefficient (Wildman–Crippen LogP) is 2.94. The average molecular weight is 188 g/mol. The molecule has 1 aromatic rings. The van der Waals surface area contributed by atoms with Gasteiger partial charge < -0.3 is 4.79 Å². The Bertz CT molecular complexity index is 309. The van der Waals surface area contributed by atoms with Crippen LogP contribution in [0.15, 0.2) is 36.4 Å². The normalized spacial score (nSPS) is 9.79. The second kappa shape index (κ2) is 5.38. The molecule has 0 N–H and O–H groups in total. The molecule has 0 heterocycles. The van der Waals surface area contributed by atoms with Gasteiger partial charge in [-0.1, -0.05) is 36.4 Å². The Morgan fingerprint density at radius 3 is 2.36 bits per heavy atom. The zero-order valence-electron chi connectivity index (χ0n) is 8.62. The first-order valence-corrected chi connectivity index (χ1v) is 4.88. The molecule has 0 fully saturated rings. The van der Waals surface area contributed by atoms with Gasteiger partial charge in [-0.2, -0.15) is 0 Å². The minimum atomic E-state index is 0.611. The van der Waals surface area contributed by atoms with Crippen molar-refractivity contribution in [2.45, 2.75) is 26.2 Å². The van der Waals surface area contributed by atoms with Crippen LogP contribution in [0.2, 0.25) is 0 Å². The van der Waals surface area contributed by atoms with Crippen molar-refractivity contribution in [3.05, 3.63) is 47.5 Å². The van der Waals surface area contributed by atoms with Gasteiger partial charge in [0.25, 0.3) is 0 Å². The van der Waals surface area contributed by atoms with Gasteiger partial charge in [0.1, 0.15) is 6.29 Å². The summed E-state index contributed by atoms with van der Waals surface area (Å²) < 4.78 is 0. The molecule has 1 aromatic carbocycles. The van der Waals surface area contributed by atoms with Crippen LogP contribution in [-0.2, 0) is 17.6 Å². The molecule has 0 aliphatic carbocycles. The molecule has 0 amide bonds. The van der Waals surface area contributed by atoms with E-state index in [4.69, 9.17) is 0 Å². The number of carbonyl (C=O) groups is 1. The van der Waals surface area contributed by atoms with E-state index in [1.165, 1.54) is 16.7 Å². The Hall–Kier alpha value is -1.37. The van der Waals surface area contributed by atoms with Gasteiger partial charge in [-0.05, 0) is 30.9 Å². The van der Waals surface area contributed by atoms with E-state index < -0.39 is 0 Å². The molecule has 0 unspecified atom stereocenters. The molecule has 14 heavy (non-hydrogen) atoms. The van der Waals surface area contributed by atoms with Crippen molar-refractivity contribution in [1.82, 2.24) is 0 Å². The van der Waals surface area contributed by atoms with Gasteiger partial charge in [0, 0.05) is 6.42 Å². The predicted molar refractivity (Wildman–Crippen MR) is 59.3 cm³/mol. The third kappa shape index (κ3) is 3.56. The lowest BCUT2D eigenvalue weighted by Gasteiger charge is -2.02. The van der Waals surface area contributed by atoms with Crippen LogP contribution in [-0.4, -0.2) is 6.29 Å². The van der Waals surface area contributed by atoms with E-state index >= 15 is 0 Å². The highest BCUT2D eigenvalue weighted by Crippen LogP contribution is 2.09. The summed E-state index contributed by atoms with van der Waals surface area (Å²) in [4.78, 5) is 10.2. The molecule has 0 aliphatic rings. The van der Waals surface area contributed by atoms with Crippen molar-refractivity contribution in [3.63, 3.8) is 0 Å². The Morgan fingerprint density at radius 2 is 1.86 bits per heavy atom. The lowest BCUT2D eigenvalue weighted by atomic mass is 10.0. The van der Waals surface area contributed by atoms with E-state index in [1.54, 1.807) is 0 Å². The van der Waals surface area contributed by atoms with Crippen molar-refractivity contribution in [2.24, 2.45) is 0 Å². The molecule has 74 valence electrons. The molecule has 0 saturated heterocycles. The monoisotopic (exact) mass is 188 g/mol. The summed E-state index contributed by atoms with van der Waals surface area (Å²) in [6, 6.07) is 8.38. The number of aryl methyl sites for hydroxylation is 1. The van der Waals surface area contributed by atoms with Crippen molar-refractivity contribution < 1.29 is 4.79 Å². The summed E-state index contributed by atoms with van der Waals surface area (Å²) in [5.41, 5.74) is 3.68. The fourth-order valence-corrected chi connectivity index (χ4v) is 1.40. The topological polar surface area (TPSA) is 17.1 Å². The molecule has 0 spiro atoms. The van der Waals surface area contributed by atoms with E-state index in [9.17, 15) is 4.79 Å². The first-order chi connectivity index (χ1) is 6.72. The Balaban J connectivity index is 2.58. The zero-order valence-corrected chi connectivity index (χ0v) is 8.62. The molecular formula is C13H16O. The van der Waals surface area contributed by atoms with E-state index in [1.807, 2.05) is 6.92 Å². The minimum absolute atomic E-state index is 0.611. The summed E-state index contributed by atoms with van der Waals surface area (Å²) in [6.45, 7) is 5.90. The van der Waals surface area contributed by atoms with Gasteiger partial charge >= 0.3 is 0 Å². The molecule has 0 radical (unpaired) electrons. The maximum Gasteiger partial charge on any atom is 0.120 e. The summed E-state index contributed by atoms with van der Waals surface area (Å²) >= 11 is 0. The smallest absolute Gasteiger partial charge is 0.120 e. The number of aldehydes is 1. The van der Waals surface area contributed by atoms with Crippen LogP contribution in [0.1, 0.15) is 24.5 Å². The Morgan fingerprint density at radius 1 is 1.29 bits per heavy atom. The largest absolute Gasteiger partial charge is 0.303 e. The summed E-state index contributed by atoms with van der Waals surface area (Å²) in [7, 11) is 0. The number of benzene rings is 1. The van der Waals surface area contributed by atoms with Gasteiger partial charge in [-0.3, -0.25) is 0 Å². The van der Waals surface area contributed by atoms with Gasteiger partial charge in [0.15, 0.2) is 0 Å². The van der Waals surface area contributed by atoms with Crippen LogP contribution in [0.25, 0.3) is 0 Å². The first kappa shape index (κ1) is 10.7. The van der Waals surface area contributed by atoms with Crippen LogP contribution in [0, 0.1) is 0 Å². The van der Waals surface area contributed by atoms with Crippen LogP contribution in [0.5, 0.6) is 0 Å². The highest BCUT2D eigenvalue weighted by Gasteiger charge is 1.95. The minimum Gasteiger partial charge on any atom is -0.303 e. The lowest BCUT2D eigenvalue weighted by molar-refractivity contribution is -0.107. The van der Waals surface area contributed by atoms with Crippen molar-refractivity contribution >= 4 is 6.29 Å². The maximum atomic E-state index is 10.2. The number of hydrogen-bond donors (Lipinski definition) is 0. The maximum absolute atomic E-state index is 10.2. The molecule has 0 aliphatic heterocycles. The highest BCUT2D eigenvalue weighted by atomic mass is 16.1. The molecule has 0 bridgehead atoms. The summed E-state index contributed by atoms with van der Waals surface area (Å²) in [5.74, 6) is 0. The summed E-state index contributed by atoms with van der Waals surface area (Å²) in [6.07, 6.45) is 3.35. The van der Waals surface area contributed by atoms with Crippen molar-refractivity contribution in [1.29, 1.82) is 0 Å². The standard InChI is InChI=1S/C13H16O/c1-11(2)10-13-7-5-12(6-8-13)4-3-9-14/h5-9H,1,3-4,10H2,2H3. The van der Waals surface area contributed by atoms with E-state index in [2.05, 4.69) is 30.8 Å². The number of rotatable bonds is 5. The fraction of sp³-hybridized carbons (Fsp3) is 0.308. The van der Waals surface area contributed by atoms with Crippen LogP contribution < -0.4 is 0 Å². The molecule has 0 aromatic heterocycles. The van der Waals surface area contributed by atoms with Gasteiger partial charge in [0.2, 0.25) is 0 Å². The third-order valence-corrected chi connectivity index (χ3v) is 2.08. The number of hydrogen-bond acceptors (Lipinski definition) is 1. The summed E-state index contributed by atoms with van der Waals surface area (Å²) in [5, 5.41) is 0. The van der Waals surface area contributed by atoms with Crippen LogP contribution >= 0.6 is 0 Å². The van der Waals surface area contributed by atoms with E-state index in [-0.39, 0.29) is 0 Å². The Labute approximate surface area is 85.5 Å². The molecule has 1 rings (SSSR count). The second-order valence-electron chi connectivity index (χ2n) is 3.66. The first-order valence-electron chi connectivity index (χ1n) is 4.88. The lowest BCUT2D eigenvalue weighted by Crippen LogP contribution is -1.89. The van der Waals surface area contributed by atoms with Crippen molar-refractivity contribution in [3.8, 4) is 0 Å². The van der Waals surface area contributed by atoms with Crippen LogP contribution in [0.3, 0.4) is 0 Å². The second-order valence-corrected chi connectivity index (χ2v) is 3.66. The molecule has 0 saturated carbocycles. The van der Waals surface area contributed by atoms with Gasteiger partial charge in [-0.15, -0.1) is 0 Å². The van der Waals surface area contributed by atoms with E-state index in [0.717, 1.165) is 19.1 Å². The third-order valence-electron chi connectivity index (χ3n) is 2.08. The van der Waals surface area contributed by atoms with Crippen LogP contribution in [0.4, 0.5) is 0 Å². The van der Waals surface area contributed by atoms with Crippen molar-refractivity contribution in [2.75, 3.05) is 0 Å². The number of carbonyl (C=O) groups excluding carboxylic acids is 1. The number of allylic oxidation sites excluding steroid dienone is 1. The SMILES string of the molecule is C=C(C)Cc1ccc(CCC=O)cc1. The molecule has 1 nitrogen and oxygen atoms in total. The molecular weight excluding hydrogens is 172 g/mol. The quantitative estimate of drug-likeness (QED) is 0.513. The Kier molecular flexibility index (Phi) is 4.11. The van der Waals surface area contributed by atoms with Gasteiger partial charge in [-0.25, -0.2) is 0 Å².